The first kappa shape index (κ1) is 10.3. The van der Waals surface area contributed by atoms with E-state index in [-0.39, 0.29) is 12.2 Å². The maximum absolute atomic E-state index is 10.5. The Labute approximate surface area is 78.2 Å². The van der Waals surface area contributed by atoms with Crippen molar-refractivity contribution in [1.82, 2.24) is 0 Å². The van der Waals surface area contributed by atoms with Gasteiger partial charge in [-0.25, -0.2) is 4.79 Å². The van der Waals surface area contributed by atoms with Crippen LogP contribution in [0.25, 0.3) is 0 Å². The highest BCUT2D eigenvalue weighted by molar-refractivity contribution is 5.61. The van der Waals surface area contributed by atoms with Crippen molar-refractivity contribution in [2.75, 3.05) is 13.2 Å². The second-order valence-corrected chi connectivity index (χ2v) is 3.14. The lowest BCUT2D eigenvalue weighted by Gasteiger charge is -2.12. The highest BCUT2D eigenvalue weighted by Crippen LogP contribution is 2.13. The average molecular weight is 188 g/mol. The minimum absolute atomic E-state index is 0.0737. The fourth-order valence-electron chi connectivity index (χ4n) is 1.30. The van der Waals surface area contributed by atoms with Gasteiger partial charge in [0.15, 0.2) is 0 Å². The fraction of sp³-hybridized carbons (Fsp3) is 0.889. The lowest BCUT2D eigenvalue weighted by atomic mass is 10.1. The Bertz CT molecular complexity index is 169. The van der Waals surface area contributed by atoms with Gasteiger partial charge in [0.2, 0.25) is 0 Å². The molecular formula is C9H16O4. The van der Waals surface area contributed by atoms with Crippen molar-refractivity contribution < 1.29 is 19.0 Å². The van der Waals surface area contributed by atoms with E-state index in [0.29, 0.717) is 6.61 Å². The molecule has 0 radical (unpaired) electrons. The van der Waals surface area contributed by atoms with E-state index in [9.17, 15) is 4.79 Å². The summed E-state index contributed by atoms with van der Waals surface area (Å²) >= 11 is 0. The van der Waals surface area contributed by atoms with Crippen LogP contribution in [0.3, 0.4) is 0 Å². The van der Waals surface area contributed by atoms with Crippen molar-refractivity contribution in [2.24, 2.45) is 0 Å². The molecule has 1 fully saturated rings. The number of ether oxygens (including phenoxy) is 3. The normalized spacial score (nSPS) is 23.8. The van der Waals surface area contributed by atoms with Gasteiger partial charge in [-0.1, -0.05) is 0 Å². The second kappa shape index (κ2) is 5.07. The van der Waals surface area contributed by atoms with Crippen LogP contribution in [0.5, 0.6) is 0 Å². The molecule has 0 aromatic heterocycles. The van der Waals surface area contributed by atoms with Crippen LogP contribution in [0.1, 0.15) is 26.7 Å². The molecule has 0 aromatic rings. The van der Waals surface area contributed by atoms with Crippen LogP contribution in [0, 0.1) is 0 Å². The average Bonchev–Trinajstić information content (AvgIpc) is 2.49. The highest BCUT2D eigenvalue weighted by atomic mass is 16.8. The minimum atomic E-state index is -0.547. The predicted molar refractivity (Wildman–Crippen MR) is 46.5 cm³/mol. The summed E-state index contributed by atoms with van der Waals surface area (Å²) in [6.07, 6.45) is 1.32. The third-order valence-corrected chi connectivity index (χ3v) is 2.00. The third-order valence-electron chi connectivity index (χ3n) is 2.00. The molecule has 0 aliphatic carbocycles. The first-order valence-electron chi connectivity index (χ1n) is 4.67. The minimum Gasteiger partial charge on any atom is -0.430 e. The Hall–Kier alpha value is -0.770. The number of carbonyl (C=O) groups is 1. The second-order valence-electron chi connectivity index (χ2n) is 3.14. The molecule has 1 saturated heterocycles. The van der Waals surface area contributed by atoms with Gasteiger partial charge in [-0.2, -0.15) is 0 Å². The van der Waals surface area contributed by atoms with Crippen LogP contribution in [-0.4, -0.2) is 31.6 Å². The van der Waals surface area contributed by atoms with Crippen molar-refractivity contribution in [3.8, 4) is 0 Å². The molecule has 2 unspecified atom stereocenters. The van der Waals surface area contributed by atoms with E-state index in [1.165, 1.54) is 0 Å². The molecule has 4 heteroatoms. The Morgan fingerprint density at radius 2 is 2.46 bits per heavy atom. The molecule has 0 amide bonds. The topological polar surface area (TPSA) is 44.8 Å². The van der Waals surface area contributed by atoms with E-state index in [2.05, 4.69) is 4.74 Å². The summed E-state index contributed by atoms with van der Waals surface area (Å²) in [6, 6.07) is 0. The lowest BCUT2D eigenvalue weighted by Crippen LogP contribution is -2.15. The molecule has 1 rings (SSSR count). The molecule has 1 heterocycles. The fourth-order valence-corrected chi connectivity index (χ4v) is 1.30. The Balaban J connectivity index is 2.08. The molecule has 0 bridgehead atoms. The lowest BCUT2D eigenvalue weighted by molar-refractivity contribution is 0.0565. The van der Waals surface area contributed by atoms with Gasteiger partial charge in [0.1, 0.15) is 12.7 Å². The maximum Gasteiger partial charge on any atom is 0.508 e. The summed E-state index contributed by atoms with van der Waals surface area (Å²) in [5, 5.41) is 0. The summed E-state index contributed by atoms with van der Waals surface area (Å²) in [6.45, 7) is 5.09. The zero-order chi connectivity index (χ0) is 9.68. The van der Waals surface area contributed by atoms with Gasteiger partial charge in [0, 0.05) is 6.61 Å². The monoisotopic (exact) mass is 188 g/mol. The van der Waals surface area contributed by atoms with E-state index in [4.69, 9.17) is 9.47 Å². The summed E-state index contributed by atoms with van der Waals surface area (Å²) in [4.78, 5) is 10.5. The van der Waals surface area contributed by atoms with Crippen molar-refractivity contribution in [2.45, 2.75) is 38.9 Å². The predicted octanol–water partition coefficient (Wildman–Crippen LogP) is 1.73. The van der Waals surface area contributed by atoms with Gasteiger partial charge in [-0.3, -0.25) is 0 Å². The zero-order valence-corrected chi connectivity index (χ0v) is 8.12. The Kier molecular flexibility index (Phi) is 4.02. The smallest absolute Gasteiger partial charge is 0.430 e. The summed E-state index contributed by atoms with van der Waals surface area (Å²) in [5.41, 5.74) is 0. The van der Waals surface area contributed by atoms with E-state index >= 15 is 0 Å². The third kappa shape index (κ3) is 3.63. The molecule has 76 valence electrons. The molecule has 1 aliphatic heterocycles. The van der Waals surface area contributed by atoms with Gasteiger partial charge in [0.05, 0.1) is 6.10 Å². The zero-order valence-electron chi connectivity index (χ0n) is 8.12. The van der Waals surface area contributed by atoms with Crippen LogP contribution in [0.15, 0.2) is 0 Å². The molecule has 1 aliphatic rings. The Morgan fingerprint density at radius 3 is 3.00 bits per heavy atom. The van der Waals surface area contributed by atoms with Crippen LogP contribution in [0.4, 0.5) is 4.79 Å². The molecule has 13 heavy (non-hydrogen) atoms. The van der Waals surface area contributed by atoms with Crippen LogP contribution < -0.4 is 0 Å². The van der Waals surface area contributed by atoms with E-state index < -0.39 is 6.16 Å². The standard InChI is InChI=1S/C9H16O4/c1-3-11-7(2)4-5-8-6-12-9(10)13-8/h7-8H,3-6H2,1-2H3. The van der Waals surface area contributed by atoms with Gasteiger partial charge in [-0.15, -0.1) is 0 Å². The maximum atomic E-state index is 10.5. The van der Waals surface area contributed by atoms with Gasteiger partial charge >= 0.3 is 6.16 Å². The van der Waals surface area contributed by atoms with Crippen molar-refractivity contribution in [3.63, 3.8) is 0 Å². The van der Waals surface area contributed by atoms with Crippen molar-refractivity contribution in [1.29, 1.82) is 0 Å². The quantitative estimate of drug-likeness (QED) is 0.616. The van der Waals surface area contributed by atoms with Crippen molar-refractivity contribution >= 4 is 6.16 Å². The molecule has 4 nitrogen and oxygen atoms in total. The first-order chi connectivity index (χ1) is 6.22. The first-order valence-corrected chi connectivity index (χ1v) is 4.67. The molecule has 2 atom stereocenters. The number of hydrogen-bond donors (Lipinski definition) is 0. The van der Waals surface area contributed by atoms with Crippen LogP contribution in [0.2, 0.25) is 0 Å². The van der Waals surface area contributed by atoms with Gasteiger partial charge in [-0.05, 0) is 26.7 Å². The summed E-state index contributed by atoms with van der Waals surface area (Å²) in [5.74, 6) is 0. The SMILES string of the molecule is CCOC(C)CCC1COC(=O)O1. The molecule has 0 aromatic carbocycles. The molecule has 0 spiro atoms. The van der Waals surface area contributed by atoms with Crippen LogP contribution >= 0.6 is 0 Å². The van der Waals surface area contributed by atoms with Crippen LogP contribution in [-0.2, 0) is 14.2 Å². The number of cyclic esters (lactones) is 2. The number of rotatable bonds is 5. The highest BCUT2D eigenvalue weighted by Gasteiger charge is 2.24. The number of hydrogen-bond acceptors (Lipinski definition) is 4. The largest absolute Gasteiger partial charge is 0.508 e. The van der Waals surface area contributed by atoms with Crippen molar-refractivity contribution in [3.05, 3.63) is 0 Å². The van der Waals surface area contributed by atoms with E-state index in [1.807, 2.05) is 13.8 Å². The van der Waals surface area contributed by atoms with E-state index in [1.54, 1.807) is 0 Å². The number of carbonyl (C=O) groups excluding carboxylic acids is 1. The summed E-state index contributed by atoms with van der Waals surface area (Å²) in [7, 11) is 0. The molecule has 0 saturated carbocycles. The van der Waals surface area contributed by atoms with E-state index in [0.717, 1.165) is 19.4 Å². The Morgan fingerprint density at radius 1 is 1.69 bits per heavy atom. The summed E-state index contributed by atoms with van der Waals surface area (Å²) < 4.78 is 14.9. The molecular weight excluding hydrogens is 172 g/mol. The van der Waals surface area contributed by atoms with Gasteiger partial charge < -0.3 is 14.2 Å². The molecule has 0 N–H and O–H groups in total. The van der Waals surface area contributed by atoms with Gasteiger partial charge in [0.25, 0.3) is 0 Å².